The van der Waals surface area contributed by atoms with Crippen LogP contribution in [0, 0.1) is 12.8 Å². The summed E-state index contributed by atoms with van der Waals surface area (Å²) < 4.78 is 0. The minimum Gasteiger partial charge on any atom is -0.356 e. The van der Waals surface area contributed by atoms with Crippen LogP contribution in [0.1, 0.15) is 29.8 Å². The minimum absolute atomic E-state index is 0.232. The second-order valence-electron chi connectivity index (χ2n) is 5.62. The Balaban J connectivity index is 1.51. The lowest BCUT2D eigenvalue weighted by Crippen LogP contribution is -2.35. The van der Waals surface area contributed by atoms with Gasteiger partial charge in [-0.1, -0.05) is 30.7 Å². The molecule has 0 bridgehead atoms. The number of thiazole rings is 1. The van der Waals surface area contributed by atoms with Gasteiger partial charge in [0.1, 0.15) is 0 Å². The third-order valence-electron chi connectivity index (χ3n) is 4.06. The Labute approximate surface area is 129 Å². The lowest BCUT2D eigenvalue weighted by Gasteiger charge is -2.24. The summed E-state index contributed by atoms with van der Waals surface area (Å²) >= 11 is 1.67. The van der Waals surface area contributed by atoms with Crippen molar-refractivity contribution >= 4 is 17.2 Å². The first-order valence-corrected chi connectivity index (χ1v) is 8.39. The average molecular weight is 300 g/mol. The highest BCUT2D eigenvalue weighted by molar-refractivity contribution is 7.09. The predicted octanol–water partition coefficient (Wildman–Crippen LogP) is 3.58. The van der Waals surface area contributed by atoms with E-state index in [0.29, 0.717) is 0 Å². The van der Waals surface area contributed by atoms with Crippen LogP contribution in [0.5, 0.6) is 0 Å². The number of carbonyl (C=O) groups excluding carboxylic acids is 1. The van der Waals surface area contributed by atoms with Gasteiger partial charge in [0.2, 0.25) is 5.91 Å². The number of nitrogens with one attached hydrogen (secondary N) is 1. The van der Waals surface area contributed by atoms with E-state index in [1.54, 1.807) is 11.3 Å². The van der Waals surface area contributed by atoms with Crippen molar-refractivity contribution < 1.29 is 4.79 Å². The molecule has 1 heterocycles. The molecule has 2 aromatic rings. The maximum Gasteiger partial charge on any atom is 0.223 e. The van der Waals surface area contributed by atoms with Crippen LogP contribution in [0.25, 0.3) is 11.3 Å². The minimum atomic E-state index is 0.232. The molecular weight excluding hydrogens is 280 g/mol. The van der Waals surface area contributed by atoms with E-state index in [2.05, 4.69) is 39.9 Å². The van der Waals surface area contributed by atoms with Crippen LogP contribution >= 0.6 is 11.3 Å². The largest absolute Gasteiger partial charge is 0.356 e. The first-order valence-electron chi connectivity index (χ1n) is 7.51. The van der Waals surface area contributed by atoms with Gasteiger partial charge in [0.05, 0.1) is 10.7 Å². The number of carbonyl (C=O) groups is 1. The summed E-state index contributed by atoms with van der Waals surface area (Å²) in [6, 6.07) is 8.47. The zero-order valence-corrected chi connectivity index (χ0v) is 13.1. The van der Waals surface area contributed by atoms with Gasteiger partial charge in [-0.05, 0) is 31.7 Å². The quantitative estimate of drug-likeness (QED) is 0.917. The van der Waals surface area contributed by atoms with Crippen molar-refractivity contribution in [2.24, 2.45) is 5.92 Å². The first kappa shape index (κ1) is 14.3. The van der Waals surface area contributed by atoms with Crippen molar-refractivity contribution in [3.63, 3.8) is 0 Å². The van der Waals surface area contributed by atoms with Crippen molar-refractivity contribution in [1.29, 1.82) is 0 Å². The summed E-state index contributed by atoms with van der Waals surface area (Å²) in [6.45, 7) is 2.75. The van der Waals surface area contributed by atoms with Crippen molar-refractivity contribution in [3.8, 4) is 11.3 Å². The normalized spacial score (nSPS) is 14.7. The molecule has 0 aliphatic heterocycles. The fourth-order valence-electron chi connectivity index (χ4n) is 2.48. The van der Waals surface area contributed by atoms with E-state index in [0.717, 1.165) is 42.1 Å². The maximum atomic E-state index is 11.7. The van der Waals surface area contributed by atoms with Crippen LogP contribution in [0.2, 0.25) is 0 Å². The Bertz CT molecular complexity index is 614. The first-order chi connectivity index (χ1) is 10.2. The molecule has 0 atom stereocenters. The zero-order valence-electron chi connectivity index (χ0n) is 12.3. The fourth-order valence-corrected chi connectivity index (χ4v) is 3.11. The Morgan fingerprint density at radius 2 is 2.10 bits per heavy atom. The van der Waals surface area contributed by atoms with Gasteiger partial charge in [0, 0.05) is 23.4 Å². The molecule has 1 saturated carbocycles. The van der Waals surface area contributed by atoms with Gasteiger partial charge < -0.3 is 5.32 Å². The highest BCUT2D eigenvalue weighted by Crippen LogP contribution is 2.26. The molecular formula is C17H20N2OS. The third kappa shape index (κ3) is 3.50. The van der Waals surface area contributed by atoms with Crippen LogP contribution in [0.15, 0.2) is 29.6 Å². The third-order valence-corrected chi connectivity index (χ3v) is 4.83. The molecule has 0 spiro atoms. The molecule has 1 aromatic carbocycles. The van der Waals surface area contributed by atoms with Gasteiger partial charge >= 0.3 is 0 Å². The molecule has 1 amide bonds. The summed E-state index contributed by atoms with van der Waals surface area (Å²) in [5.74, 6) is 0.510. The van der Waals surface area contributed by atoms with E-state index in [9.17, 15) is 4.79 Å². The number of benzene rings is 1. The van der Waals surface area contributed by atoms with Gasteiger partial charge in [-0.3, -0.25) is 4.79 Å². The van der Waals surface area contributed by atoms with Crippen molar-refractivity contribution in [1.82, 2.24) is 10.3 Å². The van der Waals surface area contributed by atoms with Crippen LogP contribution in [-0.4, -0.2) is 17.4 Å². The summed E-state index contributed by atoms with van der Waals surface area (Å²) in [5.41, 5.74) is 3.45. The van der Waals surface area contributed by atoms with Crippen LogP contribution in [-0.2, 0) is 11.2 Å². The van der Waals surface area contributed by atoms with E-state index < -0.39 is 0 Å². The second kappa shape index (κ2) is 6.39. The van der Waals surface area contributed by atoms with E-state index in [-0.39, 0.29) is 11.8 Å². The van der Waals surface area contributed by atoms with Gasteiger partial charge in [-0.25, -0.2) is 4.98 Å². The lowest BCUT2D eigenvalue weighted by molar-refractivity contribution is -0.127. The number of aromatic nitrogens is 1. The fraction of sp³-hybridized carbons (Fsp3) is 0.412. The predicted molar refractivity (Wildman–Crippen MR) is 86.3 cm³/mol. The molecule has 1 aliphatic carbocycles. The molecule has 0 unspecified atom stereocenters. The number of hydrogen-bond acceptors (Lipinski definition) is 3. The van der Waals surface area contributed by atoms with Crippen molar-refractivity contribution in [2.75, 3.05) is 6.54 Å². The summed E-state index contributed by atoms with van der Waals surface area (Å²) in [6.07, 6.45) is 4.21. The molecule has 0 radical (unpaired) electrons. The molecule has 3 rings (SSSR count). The highest BCUT2D eigenvalue weighted by Gasteiger charge is 2.24. The Morgan fingerprint density at radius 3 is 2.67 bits per heavy atom. The van der Waals surface area contributed by atoms with Gasteiger partial charge in [-0.15, -0.1) is 11.3 Å². The van der Waals surface area contributed by atoms with E-state index in [1.807, 2.05) is 6.92 Å². The standard InChI is InChI=1S/C17H20N2OS/c1-12-19-16(11-21-12)14-7-5-13(6-8-14)9-10-18-17(20)15-3-2-4-15/h5-8,11,15H,2-4,9-10H2,1H3,(H,18,20). The van der Waals surface area contributed by atoms with Crippen LogP contribution in [0.3, 0.4) is 0 Å². The Kier molecular flexibility index (Phi) is 4.34. The number of rotatable bonds is 5. The van der Waals surface area contributed by atoms with E-state index in [4.69, 9.17) is 0 Å². The van der Waals surface area contributed by atoms with Crippen molar-refractivity contribution in [3.05, 3.63) is 40.2 Å². The highest BCUT2D eigenvalue weighted by atomic mass is 32.1. The summed E-state index contributed by atoms with van der Waals surface area (Å²) in [4.78, 5) is 16.2. The maximum absolute atomic E-state index is 11.7. The number of nitrogens with zero attached hydrogens (tertiary/aromatic N) is 1. The number of hydrogen-bond donors (Lipinski definition) is 1. The van der Waals surface area contributed by atoms with Gasteiger partial charge in [-0.2, -0.15) is 0 Å². The van der Waals surface area contributed by atoms with E-state index >= 15 is 0 Å². The van der Waals surface area contributed by atoms with Gasteiger partial charge in [0.15, 0.2) is 0 Å². The molecule has 21 heavy (non-hydrogen) atoms. The molecule has 1 aliphatic rings. The van der Waals surface area contributed by atoms with Crippen LogP contribution in [0.4, 0.5) is 0 Å². The average Bonchev–Trinajstić information content (AvgIpc) is 2.84. The van der Waals surface area contributed by atoms with Gasteiger partial charge in [0.25, 0.3) is 0 Å². The molecule has 110 valence electrons. The number of amides is 1. The smallest absolute Gasteiger partial charge is 0.223 e. The lowest BCUT2D eigenvalue weighted by atomic mass is 9.85. The monoisotopic (exact) mass is 300 g/mol. The zero-order chi connectivity index (χ0) is 14.7. The molecule has 4 heteroatoms. The topological polar surface area (TPSA) is 42.0 Å². The second-order valence-corrected chi connectivity index (χ2v) is 6.68. The molecule has 3 nitrogen and oxygen atoms in total. The molecule has 1 fully saturated rings. The SMILES string of the molecule is Cc1nc(-c2ccc(CCNC(=O)C3CCC3)cc2)cs1. The summed E-state index contributed by atoms with van der Waals surface area (Å²) in [7, 11) is 0. The molecule has 1 aromatic heterocycles. The summed E-state index contributed by atoms with van der Waals surface area (Å²) in [5, 5.41) is 6.21. The molecule has 1 N–H and O–H groups in total. The Hall–Kier alpha value is -1.68. The van der Waals surface area contributed by atoms with E-state index in [1.165, 1.54) is 12.0 Å². The molecule has 0 saturated heterocycles. The number of aryl methyl sites for hydroxylation is 1. The van der Waals surface area contributed by atoms with Crippen LogP contribution < -0.4 is 5.32 Å². The Morgan fingerprint density at radius 1 is 1.33 bits per heavy atom. The van der Waals surface area contributed by atoms with Crippen molar-refractivity contribution in [2.45, 2.75) is 32.6 Å².